The van der Waals surface area contributed by atoms with Crippen LogP contribution in [0.25, 0.3) is 0 Å². The number of β-lactam (4-membered cyclic amide) rings is 1. The zero-order chi connectivity index (χ0) is 20.1. The summed E-state index contributed by atoms with van der Waals surface area (Å²) >= 11 is 3.39. The van der Waals surface area contributed by atoms with E-state index in [4.69, 9.17) is 9.47 Å². The van der Waals surface area contributed by atoms with Crippen molar-refractivity contribution in [3.05, 3.63) is 58.6 Å². The molecule has 1 N–H and O–H groups in total. The number of fused-ring (bicyclic) bond motifs is 1. The van der Waals surface area contributed by atoms with Crippen LogP contribution in [0.15, 0.2) is 53.0 Å². The van der Waals surface area contributed by atoms with Gasteiger partial charge in [0.05, 0.1) is 19.6 Å². The molecule has 2 aromatic carbocycles. The highest BCUT2D eigenvalue weighted by Gasteiger charge is 2.72. The standard InChI is InChI=1S/C21H20BrNO5/c1-12(24)18(13-3-5-14(22)6-4-13)21-19(17(25)11-28-21)23(20(21)26)15-7-9-16(27-2)10-8-15/h3-10,17-19,25H,11H2,1-2H3/t17?,18-,19?,21-/m1/s1. The number of ketones is 1. The van der Waals surface area contributed by atoms with Crippen molar-refractivity contribution in [2.24, 2.45) is 0 Å². The highest BCUT2D eigenvalue weighted by Crippen LogP contribution is 2.52. The Kier molecular flexibility index (Phi) is 4.77. The smallest absolute Gasteiger partial charge is 0.263 e. The van der Waals surface area contributed by atoms with Crippen molar-refractivity contribution in [3.63, 3.8) is 0 Å². The number of amides is 1. The Balaban J connectivity index is 1.75. The van der Waals surface area contributed by atoms with Crippen molar-refractivity contribution in [1.29, 1.82) is 0 Å². The molecule has 2 aliphatic rings. The first-order valence-corrected chi connectivity index (χ1v) is 9.75. The lowest BCUT2D eigenvalue weighted by atomic mass is 9.67. The minimum absolute atomic E-state index is 0.00334. The number of carbonyl (C=O) groups is 2. The van der Waals surface area contributed by atoms with Crippen molar-refractivity contribution in [1.82, 2.24) is 0 Å². The van der Waals surface area contributed by atoms with E-state index in [9.17, 15) is 14.7 Å². The first-order valence-electron chi connectivity index (χ1n) is 8.96. The van der Waals surface area contributed by atoms with E-state index in [-0.39, 0.29) is 18.3 Å². The summed E-state index contributed by atoms with van der Waals surface area (Å²) in [6.07, 6.45) is -0.878. The zero-order valence-electron chi connectivity index (χ0n) is 15.5. The van der Waals surface area contributed by atoms with E-state index < -0.39 is 23.7 Å². The van der Waals surface area contributed by atoms with Crippen LogP contribution in [-0.2, 0) is 14.3 Å². The molecular weight excluding hydrogens is 426 g/mol. The van der Waals surface area contributed by atoms with Crippen LogP contribution < -0.4 is 9.64 Å². The third-order valence-electron chi connectivity index (χ3n) is 5.52. The lowest BCUT2D eigenvalue weighted by molar-refractivity contribution is -0.159. The van der Waals surface area contributed by atoms with Crippen LogP contribution >= 0.6 is 15.9 Å². The van der Waals surface area contributed by atoms with Gasteiger partial charge in [-0.1, -0.05) is 28.1 Å². The summed E-state index contributed by atoms with van der Waals surface area (Å²) in [5, 5.41) is 10.6. The van der Waals surface area contributed by atoms with E-state index in [1.807, 2.05) is 12.1 Å². The van der Waals surface area contributed by atoms with Gasteiger partial charge < -0.3 is 19.5 Å². The maximum absolute atomic E-state index is 13.3. The number of rotatable bonds is 5. The average molecular weight is 446 g/mol. The molecule has 0 radical (unpaired) electrons. The van der Waals surface area contributed by atoms with Gasteiger partial charge in [0.1, 0.15) is 23.7 Å². The lowest BCUT2D eigenvalue weighted by Crippen LogP contribution is -2.77. The Morgan fingerprint density at radius 3 is 2.46 bits per heavy atom. The topological polar surface area (TPSA) is 76.1 Å². The molecule has 2 unspecified atom stereocenters. The molecule has 2 heterocycles. The Morgan fingerprint density at radius 2 is 1.89 bits per heavy atom. The fourth-order valence-corrected chi connectivity index (χ4v) is 4.59. The highest BCUT2D eigenvalue weighted by molar-refractivity contribution is 9.10. The second-order valence-corrected chi connectivity index (χ2v) is 8.00. The summed E-state index contributed by atoms with van der Waals surface area (Å²) < 4.78 is 11.9. The van der Waals surface area contributed by atoms with Gasteiger partial charge in [-0.25, -0.2) is 0 Å². The monoisotopic (exact) mass is 445 g/mol. The Morgan fingerprint density at radius 1 is 1.25 bits per heavy atom. The summed E-state index contributed by atoms with van der Waals surface area (Å²) in [4.78, 5) is 27.5. The van der Waals surface area contributed by atoms with E-state index in [0.717, 1.165) is 4.47 Å². The quantitative estimate of drug-likeness (QED) is 0.715. The number of carbonyl (C=O) groups excluding carboxylic acids is 2. The van der Waals surface area contributed by atoms with Gasteiger partial charge in [-0.2, -0.15) is 0 Å². The number of hydrogen-bond acceptors (Lipinski definition) is 5. The van der Waals surface area contributed by atoms with E-state index >= 15 is 0 Å². The number of hydrogen-bond donors (Lipinski definition) is 1. The fraction of sp³-hybridized carbons (Fsp3) is 0.333. The second-order valence-electron chi connectivity index (χ2n) is 7.08. The molecule has 0 saturated carbocycles. The largest absolute Gasteiger partial charge is 0.497 e. The highest BCUT2D eigenvalue weighted by atomic mass is 79.9. The summed E-state index contributed by atoms with van der Waals surface area (Å²) in [7, 11) is 1.57. The third-order valence-corrected chi connectivity index (χ3v) is 6.05. The van der Waals surface area contributed by atoms with Gasteiger partial charge in [-0.05, 0) is 48.9 Å². The maximum Gasteiger partial charge on any atom is 0.263 e. The Labute approximate surface area is 171 Å². The number of aliphatic hydroxyl groups excluding tert-OH is 1. The minimum atomic E-state index is -1.39. The van der Waals surface area contributed by atoms with Gasteiger partial charge in [0.2, 0.25) is 0 Å². The molecule has 6 nitrogen and oxygen atoms in total. The van der Waals surface area contributed by atoms with Crippen molar-refractivity contribution < 1.29 is 24.2 Å². The summed E-state index contributed by atoms with van der Waals surface area (Å²) in [6, 6.07) is 13.6. The number of benzene rings is 2. The van der Waals surface area contributed by atoms with Crippen LogP contribution in [0.1, 0.15) is 18.4 Å². The number of halogens is 1. The molecule has 4 rings (SSSR count). The zero-order valence-corrected chi connectivity index (χ0v) is 17.0. The van der Waals surface area contributed by atoms with Gasteiger partial charge in [0.25, 0.3) is 5.91 Å². The minimum Gasteiger partial charge on any atom is -0.497 e. The third kappa shape index (κ3) is 2.69. The van der Waals surface area contributed by atoms with Crippen molar-refractivity contribution in [2.45, 2.75) is 30.6 Å². The molecule has 2 saturated heterocycles. The molecule has 0 bridgehead atoms. The van der Waals surface area contributed by atoms with Crippen LogP contribution in [0.5, 0.6) is 5.75 Å². The van der Waals surface area contributed by atoms with Gasteiger partial charge in [-0.3, -0.25) is 9.59 Å². The van der Waals surface area contributed by atoms with E-state index in [2.05, 4.69) is 15.9 Å². The SMILES string of the molecule is COc1ccc(N2C(=O)[C@]3([C@H](C(C)=O)c4ccc(Br)cc4)OCC(O)C23)cc1. The number of anilines is 1. The Bertz CT molecular complexity index is 913. The van der Waals surface area contributed by atoms with Gasteiger partial charge in [0, 0.05) is 10.2 Å². The number of ether oxygens (including phenoxy) is 2. The van der Waals surface area contributed by atoms with E-state index in [0.29, 0.717) is 17.0 Å². The van der Waals surface area contributed by atoms with Gasteiger partial charge >= 0.3 is 0 Å². The van der Waals surface area contributed by atoms with Crippen molar-refractivity contribution in [3.8, 4) is 5.75 Å². The van der Waals surface area contributed by atoms with Crippen LogP contribution in [0, 0.1) is 0 Å². The molecule has 1 amide bonds. The molecule has 7 heteroatoms. The molecule has 28 heavy (non-hydrogen) atoms. The van der Waals surface area contributed by atoms with Gasteiger partial charge in [-0.15, -0.1) is 0 Å². The van der Waals surface area contributed by atoms with Gasteiger partial charge in [0.15, 0.2) is 5.60 Å². The normalized spacial score (nSPS) is 27.1. The van der Waals surface area contributed by atoms with Crippen LogP contribution in [0.2, 0.25) is 0 Å². The molecule has 4 atom stereocenters. The van der Waals surface area contributed by atoms with E-state index in [1.54, 1.807) is 43.5 Å². The summed E-state index contributed by atoms with van der Waals surface area (Å²) in [5.74, 6) is -0.612. The number of nitrogens with zero attached hydrogens (tertiary/aromatic N) is 1. The Hall–Kier alpha value is -2.22. The lowest BCUT2D eigenvalue weighted by Gasteiger charge is -2.54. The molecule has 0 aromatic heterocycles. The first kappa shape index (κ1) is 19.1. The number of methoxy groups -OCH3 is 1. The summed E-state index contributed by atoms with van der Waals surface area (Å²) in [6.45, 7) is 1.46. The molecule has 146 valence electrons. The average Bonchev–Trinajstić information content (AvgIpc) is 2.97. The number of Topliss-reactive ketones (excluding diaryl/α,β-unsaturated/α-hetero) is 1. The van der Waals surface area contributed by atoms with Crippen LogP contribution in [-0.4, -0.2) is 48.3 Å². The molecule has 2 aromatic rings. The first-order chi connectivity index (χ1) is 13.4. The van der Waals surface area contributed by atoms with Crippen LogP contribution in [0.4, 0.5) is 5.69 Å². The molecule has 0 spiro atoms. The van der Waals surface area contributed by atoms with E-state index in [1.165, 1.54) is 11.8 Å². The number of aliphatic hydroxyl groups is 1. The molecule has 2 aliphatic heterocycles. The molecular formula is C21H20BrNO5. The predicted octanol–water partition coefficient (Wildman–Crippen LogP) is 2.68. The molecule has 0 aliphatic carbocycles. The second kappa shape index (κ2) is 6.99. The van der Waals surface area contributed by atoms with Crippen LogP contribution in [0.3, 0.4) is 0 Å². The maximum atomic E-state index is 13.3. The van der Waals surface area contributed by atoms with Crippen molar-refractivity contribution >= 4 is 33.3 Å². The predicted molar refractivity (Wildman–Crippen MR) is 107 cm³/mol. The summed E-state index contributed by atoms with van der Waals surface area (Å²) in [5.41, 5.74) is -0.0643. The molecule has 2 fully saturated rings. The fourth-order valence-electron chi connectivity index (χ4n) is 4.32. The van der Waals surface area contributed by atoms with Crippen molar-refractivity contribution in [2.75, 3.05) is 18.6 Å².